The van der Waals surface area contributed by atoms with Gasteiger partial charge in [0.2, 0.25) is 0 Å². The maximum atomic E-state index is 11.5. The number of nitrogens with zero attached hydrogens (tertiary/aromatic N) is 1. The monoisotopic (exact) mass is 293 g/mol. The summed E-state index contributed by atoms with van der Waals surface area (Å²) in [5, 5.41) is 8.83. The lowest BCUT2D eigenvalue weighted by molar-refractivity contribution is -0.138. The van der Waals surface area contributed by atoms with E-state index in [2.05, 4.69) is 0 Å². The normalized spacial score (nSPS) is 12.2. The Morgan fingerprint density at radius 1 is 1.33 bits per heavy atom. The summed E-state index contributed by atoms with van der Waals surface area (Å²) in [5.74, 6) is -0.257. The van der Waals surface area contributed by atoms with Crippen LogP contribution in [-0.2, 0) is 4.79 Å². The van der Waals surface area contributed by atoms with Crippen LogP contribution in [0.2, 0.25) is 0 Å². The van der Waals surface area contributed by atoms with Gasteiger partial charge < -0.3 is 9.84 Å². The lowest BCUT2D eigenvalue weighted by Gasteiger charge is -2.26. The van der Waals surface area contributed by atoms with Crippen molar-refractivity contribution in [2.75, 3.05) is 19.7 Å². The van der Waals surface area contributed by atoms with Crippen LogP contribution < -0.4 is 4.74 Å². The van der Waals surface area contributed by atoms with Gasteiger partial charge in [-0.2, -0.15) is 0 Å². The summed E-state index contributed by atoms with van der Waals surface area (Å²) in [6.07, 6.45) is 0.109. The first-order chi connectivity index (χ1) is 9.95. The van der Waals surface area contributed by atoms with Crippen LogP contribution in [-0.4, -0.2) is 47.5 Å². The molecule has 0 spiro atoms. The van der Waals surface area contributed by atoms with Crippen molar-refractivity contribution in [3.05, 3.63) is 29.8 Å². The molecular weight excluding hydrogens is 270 g/mol. The highest BCUT2D eigenvalue weighted by atomic mass is 16.5. The number of benzene rings is 1. The van der Waals surface area contributed by atoms with E-state index < -0.39 is 5.97 Å². The summed E-state index contributed by atoms with van der Waals surface area (Å²) in [4.78, 5) is 24.3. The molecule has 1 unspecified atom stereocenters. The van der Waals surface area contributed by atoms with Crippen LogP contribution >= 0.6 is 0 Å². The third-order valence-corrected chi connectivity index (χ3v) is 3.40. The molecule has 0 saturated heterocycles. The molecule has 0 saturated carbocycles. The Labute approximate surface area is 125 Å². The fourth-order valence-corrected chi connectivity index (χ4v) is 2.23. The van der Waals surface area contributed by atoms with Gasteiger partial charge in [0, 0.05) is 12.6 Å². The second-order valence-electron chi connectivity index (χ2n) is 4.98. The number of ether oxygens (including phenoxy) is 1. The van der Waals surface area contributed by atoms with E-state index in [-0.39, 0.29) is 18.2 Å². The smallest absolute Gasteiger partial charge is 0.304 e. The van der Waals surface area contributed by atoms with E-state index in [4.69, 9.17) is 9.84 Å². The number of hydrogen-bond donors (Lipinski definition) is 1. The van der Waals surface area contributed by atoms with Gasteiger partial charge in [0.1, 0.15) is 12.4 Å². The minimum Gasteiger partial charge on any atom is -0.491 e. The van der Waals surface area contributed by atoms with Gasteiger partial charge >= 0.3 is 5.97 Å². The van der Waals surface area contributed by atoms with Crippen molar-refractivity contribution >= 4 is 11.8 Å². The fraction of sp³-hybridized carbons (Fsp3) is 0.500. The van der Waals surface area contributed by atoms with Crippen molar-refractivity contribution in [2.24, 2.45) is 0 Å². The van der Waals surface area contributed by atoms with E-state index in [1.807, 2.05) is 24.8 Å². The molecule has 0 amide bonds. The van der Waals surface area contributed by atoms with E-state index in [0.717, 1.165) is 6.54 Å². The first-order valence-corrected chi connectivity index (χ1v) is 7.14. The number of likely N-dealkylation sites (N-methyl/N-ethyl adjacent to an activating group) is 1. The summed E-state index contributed by atoms with van der Waals surface area (Å²) in [6, 6.07) is 7.10. The largest absolute Gasteiger partial charge is 0.491 e. The number of para-hydroxylation sites is 1. The zero-order chi connectivity index (χ0) is 15.8. The second kappa shape index (κ2) is 8.42. The van der Waals surface area contributed by atoms with Gasteiger partial charge in [-0.05, 0) is 32.5 Å². The Hall–Kier alpha value is -1.88. The molecule has 0 fully saturated rings. The van der Waals surface area contributed by atoms with Gasteiger partial charge in [0.25, 0.3) is 0 Å². The number of ketones is 1. The molecule has 1 aromatic rings. The molecule has 1 N–H and O–H groups in total. The van der Waals surface area contributed by atoms with Crippen LogP contribution in [0.25, 0.3) is 0 Å². The van der Waals surface area contributed by atoms with Crippen molar-refractivity contribution in [3.63, 3.8) is 0 Å². The van der Waals surface area contributed by atoms with Crippen molar-refractivity contribution in [2.45, 2.75) is 33.2 Å². The summed E-state index contributed by atoms with van der Waals surface area (Å²) >= 11 is 0. The van der Waals surface area contributed by atoms with Crippen LogP contribution in [0.5, 0.6) is 5.75 Å². The Bertz CT molecular complexity index is 487. The van der Waals surface area contributed by atoms with Gasteiger partial charge in [0.05, 0.1) is 12.0 Å². The standard InChI is InChI=1S/C16H23NO4/c1-4-17(12(2)11-16(19)20)9-10-21-15-8-6-5-7-14(15)13(3)18/h5-8,12H,4,9-11H2,1-3H3,(H,19,20). The second-order valence-corrected chi connectivity index (χ2v) is 4.98. The van der Waals surface area contributed by atoms with Gasteiger partial charge in [-0.1, -0.05) is 19.1 Å². The van der Waals surface area contributed by atoms with E-state index in [1.54, 1.807) is 18.2 Å². The quantitative estimate of drug-likeness (QED) is 0.708. The topological polar surface area (TPSA) is 66.8 Å². The molecule has 0 aliphatic rings. The SMILES string of the molecule is CCN(CCOc1ccccc1C(C)=O)C(C)CC(=O)O. The van der Waals surface area contributed by atoms with E-state index in [0.29, 0.717) is 24.5 Å². The zero-order valence-electron chi connectivity index (χ0n) is 12.8. The summed E-state index contributed by atoms with van der Waals surface area (Å²) in [7, 11) is 0. The average molecular weight is 293 g/mol. The first-order valence-electron chi connectivity index (χ1n) is 7.14. The van der Waals surface area contributed by atoms with Gasteiger partial charge in [-0.3, -0.25) is 14.5 Å². The third-order valence-electron chi connectivity index (χ3n) is 3.40. The highest BCUT2D eigenvalue weighted by molar-refractivity contribution is 5.96. The molecule has 116 valence electrons. The third kappa shape index (κ3) is 5.55. The van der Waals surface area contributed by atoms with Crippen LogP contribution in [0.3, 0.4) is 0 Å². The summed E-state index contributed by atoms with van der Waals surface area (Å²) in [5.41, 5.74) is 0.569. The minimum atomic E-state index is -0.802. The van der Waals surface area contributed by atoms with Crippen LogP contribution in [0.1, 0.15) is 37.6 Å². The van der Waals surface area contributed by atoms with E-state index in [9.17, 15) is 9.59 Å². The number of carboxylic acid groups (broad SMARTS) is 1. The number of hydrogen-bond acceptors (Lipinski definition) is 4. The molecule has 0 aliphatic carbocycles. The highest BCUT2D eigenvalue weighted by Gasteiger charge is 2.15. The Morgan fingerprint density at radius 3 is 2.57 bits per heavy atom. The molecule has 5 nitrogen and oxygen atoms in total. The minimum absolute atomic E-state index is 0.0304. The summed E-state index contributed by atoms with van der Waals surface area (Å²) in [6.45, 7) is 7.18. The predicted octanol–water partition coefficient (Wildman–Crippen LogP) is 2.45. The molecule has 0 radical (unpaired) electrons. The molecule has 1 atom stereocenters. The van der Waals surface area contributed by atoms with E-state index >= 15 is 0 Å². The molecule has 1 rings (SSSR count). The fourth-order valence-electron chi connectivity index (χ4n) is 2.23. The van der Waals surface area contributed by atoms with Crippen molar-refractivity contribution in [1.29, 1.82) is 0 Å². The van der Waals surface area contributed by atoms with Gasteiger partial charge in [-0.15, -0.1) is 0 Å². The number of rotatable bonds is 9. The zero-order valence-corrected chi connectivity index (χ0v) is 12.8. The first kappa shape index (κ1) is 17.2. The maximum Gasteiger partial charge on any atom is 0.304 e. The number of aliphatic carboxylic acids is 1. The van der Waals surface area contributed by atoms with Crippen molar-refractivity contribution in [1.82, 2.24) is 4.90 Å². The number of carbonyl (C=O) groups is 2. The summed E-state index contributed by atoms with van der Waals surface area (Å²) < 4.78 is 5.68. The van der Waals surface area contributed by atoms with Gasteiger partial charge in [0.15, 0.2) is 5.78 Å². The number of carboxylic acids is 1. The molecule has 0 bridgehead atoms. The Balaban J connectivity index is 2.55. The molecule has 0 heterocycles. The molecule has 0 aliphatic heterocycles. The molecule has 5 heteroatoms. The molecule has 1 aromatic carbocycles. The average Bonchev–Trinajstić information content (AvgIpc) is 2.43. The van der Waals surface area contributed by atoms with Crippen LogP contribution in [0.15, 0.2) is 24.3 Å². The molecule has 21 heavy (non-hydrogen) atoms. The number of carbonyl (C=O) groups excluding carboxylic acids is 1. The maximum absolute atomic E-state index is 11.5. The van der Waals surface area contributed by atoms with Crippen molar-refractivity contribution < 1.29 is 19.4 Å². The lowest BCUT2D eigenvalue weighted by atomic mass is 10.1. The number of Topliss-reactive ketones (excluding diaryl/α,β-unsaturated/α-hetero) is 1. The lowest BCUT2D eigenvalue weighted by Crippen LogP contribution is -2.37. The van der Waals surface area contributed by atoms with E-state index in [1.165, 1.54) is 6.92 Å². The predicted molar refractivity (Wildman–Crippen MR) is 80.9 cm³/mol. The highest BCUT2D eigenvalue weighted by Crippen LogP contribution is 2.18. The van der Waals surface area contributed by atoms with Crippen LogP contribution in [0.4, 0.5) is 0 Å². The molecular formula is C16H23NO4. The van der Waals surface area contributed by atoms with Crippen LogP contribution in [0, 0.1) is 0 Å². The van der Waals surface area contributed by atoms with Gasteiger partial charge in [-0.25, -0.2) is 0 Å². The van der Waals surface area contributed by atoms with Crippen molar-refractivity contribution in [3.8, 4) is 5.75 Å². The molecule has 0 aromatic heterocycles. The Kier molecular flexibility index (Phi) is 6.88. The Morgan fingerprint density at radius 2 is 2.00 bits per heavy atom.